The van der Waals surface area contributed by atoms with Gasteiger partial charge < -0.3 is 4.42 Å². The van der Waals surface area contributed by atoms with Gasteiger partial charge in [0.1, 0.15) is 11.7 Å². The molecule has 0 saturated carbocycles. The van der Waals surface area contributed by atoms with Crippen molar-refractivity contribution < 1.29 is 9.21 Å². The highest BCUT2D eigenvalue weighted by atomic mass is 16.3. The van der Waals surface area contributed by atoms with E-state index in [2.05, 4.69) is 10.1 Å². The van der Waals surface area contributed by atoms with E-state index in [0.29, 0.717) is 11.0 Å². The Balaban J connectivity index is 2.00. The topological polar surface area (TPSA) is 82.9 Å². The Morgan fingerprint density at radius 1 is 1.47 bits per heavy atom. The maximum atomic E-state index is 12.1. The lowest BCUT2D eigenvalue weighted by Gasteiger charge is -2.02. The van der Waals surface area contributed by atoms with Gasteiger partial charge in [-0.1, -0.05) is 0 Å². The third-order valence-corrected chi connectivity index (χ3v) is 2.83. The highest BCUT2D eigenvalue weighted by Gasteiger charge is 2.13. The van der Waals surface area contributed by atoms with Crippen LogP contribution in [0.25, 0.3) is 11.0 Å². The highest BCUT2D eigenvalue weighted by Crippen LogP contribution is 2.05. The number of rotatable bonds is 3. The first kappa shape index (κ1) is 11.4. The number of aryl methyl sites for hydroxylation is 1. The van der Waals surface area contributed by atoms with Gasteiger partial charge in [0.2, 0.25) is 5.78 Å². The van der Waals surface area contributed by atoms with E-state index in [1.54, 1.807) is 19.2 Å². The Kier molecular flexibility index (Phi) is 2.52. The van der Waals surface area contributed by atoms with Gasteiger partial charge in [0.15, 0.2) is 11.4 Å². The Morgan fingerprint density at radius 2 is 2.32 bits per heavy atom. The summed E-state index contributed by atoms with van der Waals surface area (Å²) in [6.45, 7) is -0.107. The van der Waals surface area contributed by atoms with Gasteiger partial charge in [0, 0.05) is 7.05 Å². The summed E-state index contributed by atoms with van der Waals surface area (Å²) < 4.78 is 7.75. The largest absolute Gasteiger partial charge is 0.461 e. The van der Waals surface area contributed by atoms with Crippen LogP contribution < -0.4 is 5.56 Å². The summed E-state index contributed by atoms with van der Waals surface area (Å²) in [7, 11) is 1.70. The minimum atomic E-state index is -0.294. The van der Waals surface area contributed by atoms with Gasteiger partial charge in [-0.2, -0.15) is 5.10 Å². The molecule has 3 rings (SSSR count). The van der Waals surface area contributed by atoms with E-state index in [4.69, 9.17) is 4.42 Å². The second-order valence-electron chi connectivity index (χ2n) is 4.08. The molecule has 0 aliphatic heterocycles. The number of carbonyl (C=O) groups excluding carboxylic acids is 1. The van der Waals surface area contributed by atoms with Crippen molar-refractivity contribution in [1.29, 1.82) is 0 Å². The molecule has 3 aromatic heterocycles. The molecular formula is C12H10N4O3. The van der Waals surface area contributed by atoms with Crippen molar-refractivity contribution in [2.75, 3.05) is 0 Å². The number of ketones is 1. The third kappa shape index (κ3) is 1.85. The van der Waals surface area contributed by atoms with Crippen molar-refractivity contribution in [2.24, 2.45) is 7.05 Å². The number of aromatic nitrogens is 4. The molecule has 0 aliphatic carbocycles. The minimum Gasteiger partial charge on any atom is -0.461 e. The summed E-state index contributed by atoms with van der Waals surface area (Å²) in [6.07, 6.45) is 4.20. The third-order valence-electron chi connectivity index (χ3n) is 2.83. The van der Waals surface area contributed by atoms with Crippen LogP contribution in [0.4, 0.5) is 0 Å². The van der Waals surface area contributed by atoms with Crippen LogP contribution in [0.3, 0.4) is 0 Å². The number of carbonyl (C=O) groups is 1. The maximum absolute atomic E-state index is 12.1. The molecule has 19 heavy (non-hydrogen) atoms. The lowest BCUT2D eigenvalue weighted by atomic mass is 10.3. The lowest BCUT2D eigenvalue weighted by Crippen LogP contribution is -2.24. The number of Topliss-reactive ketones (excluding diaryl/α,β-unsaturated/α-hetero) is 1. The lowest BCUT2D eigenvalue weighted by molar-refractivity contribution is 0.0943. The van der Waals surface area contributed by atoms with Gasteiger partial charge in [-0.15, -0.1) is 0 Å². The van der Waals surface area contributed by atoms with Crippen molar-refractivity contribution in [2.45, 2.75) is 6.54 Å². The highest BCUT2D eigenvalue weighted by molar-refractivity contribution is 5.93. The zero-order valence-electron chi connectivity index (χ0n) is 10.1. The van der Waals surface area contributed by atoms with Gasteiger partial charge in [0.25, 0.3) is 5.56 Å². The molecule has 0 aromatic carbocycles. The molecule has 0 aliphatic rings. The minimum absolute atomic E-state index is 0.107. The van der Waals surface area contributed by atoms with Gasteiger partial charge in [0.05, 0.1) is 19.0 Å². The molecule has 0 bridgehead atoms. The van der Waals surface area contributed by atoms with E-state index in [1.165, 1.54) is 28.0 Å². The zero-order valence-corrected chi connectivity index (χ0v) is 10.1. The van der Waals surface area contributed by atoms with Crippen molar-refractivity contribution in [3.8, 4) is 0 Å². The molecule has 0 N–H and O–H groups in total. The molecule has 0 spiro atoms. The smallest absolute Gasteiger partial charge is 0.264 e. The average Bonchev–Trinajstić information content (AvgIpc) is 3.03. The molecule has 3 heterocycles. The van der Waals surface area contributed by atoms with E-state index >= 15 is 0 Å². The Bertz CT molecular complexity index is 798. The second-order valence-corrected chi connectivity index (χ2v) is 4.08. The molecular weight excluding hydrogens is 248 g/mol. The molecule has 0 atom stereocenters. The van der Waals surface area contributed by atoms with Crippen LogP contribution in [-0.2, 0) is 13.6 Å². The molecule has 0 amide bonds. The fourth-order valence-corrected chi connectivity index (χ4v) is 1.85. The molecule has 3 aromatic rings. The standard InChI is InChI=1S/C12H10N4O3/c1-15-11-8(5-14-15)12(18)16(7-13-11)6-9(17)10-3-2-4-19-10/h2-5,7H,6H2,1H3. The molecule has 0 unspecified atom stereocenters. The van der Waals surface area contributed by atoms with Crippen LogP contribution in [0, 0.1) is 0 Å². The second kappa shape index (κ2) is 4.20. The van der Waals surface area contributed by atoms with Crippen LogP contribution in [0.5, 0.6) is 0 Å². The average molecular weight is 258 g/mol. The van der Waals surface area contributed by atoms with Crippen LogP contribution in [0.1, 0.15) is 10.6 Å². The van der Waals surface area contributed by atoms with E-state index in [9.17, 15) is 9.59 Å². The Labute approximate surface area is 107 Å². The van der Waals surface area contributed by atoms with E-state index in [1.807, 2.05) is 0 Å². The SMILES string of the molecule is Cn1ncc2c(=O)n(CC(=O)c3ccco3)cnc21. The predicted octanol–water partition coefficient (Wildman–Crippen LogP) is 0.606. The zero-order chi connectivity index (χ0) is 13.4. The quantitative estimate of drug-likeness (QED) is 0.642. The molecule has 0 saturated heterocycles. The van der Waals surface area contributed by atoms with Crippen molar-refractivity contribution in [3.05, 3.63) is 47.0 Å². The van der Waals surface area contributed by atoms with Crippen molar-refractivity contribution in [3.63, 3.8) is 0 Å². The van der Waals surface area contributed by atoms with Crippen LogP contribution in [0.15, 0.2) is 40.1 Å². The van der Waals surface area contributed by atoms with Crippen molar-refractivity contribution in [1.82, 2.24) is 19.3 Å². The normalized spacial score (nSPS) is 11.0. The van der Waals surface area contributed by atoms with E-state index in [0.717, 1.165) is 0 Å². The monoisotopic (exact) mass is 258 g/mol. The number of fused-ring (bicyclic) bond motifs is 1. The number of hydrogen-bond donors (Lipinski definition) is 0. The first-order valence-electron chi connectivity index (χ1n) is 5.60. The van der Waals surface area contributed by atoms with Gasteiger partial charge >= 0.3 is 0 Å². The number of furan rings is 1. The fraction of sp³-hybridized carbons (Fsp3) is 0.167. The molecule has 7 nitrogen and oxygen atoms in total. The van der Waals surface area contributed by atoms with E-state index in [-0.39, 0.29) is 23.6 Å². The van der Waals surface area contributed by atoms with Crippen LogP contribution in [0.2, 0.25) is 0 Å². The predicted molar refractivity (Wildman–Crippen MR) is 65.8 cm³/mol. The first-order chi connectivity index (χ1) is 9.16. The fourth-order valence-electron chi connectivity index (χ4n) is 1.85. The summed E-state index contributed by atoms with van der Waals surface area (Å²) >= 11 is 0. The van der Waals surface area contributed by atoms with Crippen LogP contribution >= 0.6 is 0 Å². The summed E-state index contributed by atoms with van der Waals surface area (Å²) in [5.41, 5.74) is 0.199. The number of hydrogen-bond acceptors (Lipinski definition) is 5. The molecule has 0 radical (unpaired) electrons. The maximum Gasteiger partial charge on any atom is 0.264 e. The summed E-state index contributed by atoms with van der Waals surface area (Å²) in [6, 6.07) is 3.18. The Morgan fingerprint density at radius 3 is 3.05 bits per heavy atom. The number of nitrogens with zero attached hydrogens (tertiary/aromatic N) is 4. The van der Waals surface area contributed by atoms with Gasteiger partial charge in [-0.05, 0) is 12.1 Å². The molecule has 7 heteroatoms. The van der Waals surface area contributed by atoms with Crippen LogP contribution in [-0.4, -0.2) is 25.1 Å². The Hall–Kier alpha value is -2.70. The van der Waals surface area contributed by atoms with Gasteiger partial charge in [-0.25, -0.2) is 4.98 Å². The summed E-state index contributed by atoms with van der Waals surface area (Å²) in [5, 5.41) is 4.35. The van der Waals surface area contributed by atoms with Crippen molar-refractivity contribution >= 4 is 16.8 Å². The summed E-state index contributed by atoms with van der Waals surface area (Å²) in [4.78, 5) is 28.1. The molecule has 0 fully saturated rings. The van der Waals surface area contributed by atoms with E-state index < -0.39 is 0 Å². The van der Waals surface area contributed by atoms with Gasteiger partial charge in [-0.3, -0.25) is 18.8 Å². The molecule has 96 valence electrons. The summed E-state index contributed by atoms with van der Waals surface area (Å²) in [5.74, 6) is -0.0599. The first-order valence-corrected chi connectivity index (χ1v) is 5.60.